The second-order valence-electron chi connectivity index (χ2n) is 6.24. The molecule has 0 saturated carbocycles. The van der Waals surface area contributed by atoms with E-state index in [4.69, 9.17) is 11.6 Å². The fourth-order valence-corrected chi connectivity index (χ4v) is 5.65. The number of halogens is 2. The number of rotatable bonds is 4. The number of thiophene rings is 1. The third-order valence-corrected chi connectivity index (χ3v) is 7.36. The Labute approximate surface area is 176 Å². The van der Waals surface area contributed by atoms with Gasteiger partial charge in [-0.15, -0.1) is 11.3 Å². The highest BCUT2D eigenvalue weighted by Crippen LogP contribution is 2.39. The van der Waals surface area contributed by atoms with Crippen LogP contribution in [0, 0.1) is 5.82 Å². The fraction of sp³-hybridized carbons (Fsp3) is 0.0500. The molecule has 1 aliphatic rings. The quantitative estimate of drug-likeness (QED) is 0.568. The van der Waals surface area contributed by atoms with Crippen molar-refractivity contribution < 1.29 is 17.6 Å². The molecule has 0 unspecified atom stereocenters. The molecule has 0 amide bonds. The number of hydrogen-bond acceptors (Lipinski definition) is 5. The van der Waals surface area contributed by atoms with Crippen LogP contribution in [0.2, 0.25) is 5.02 Å². The summed E-state index contributed by atoms with van der Waals surface area (Å²) in [6.45, 7) is -0.0967. The number of allylic oxidation sites excluding steroid dienone is 1. The number of hydrogen-bond donors (Lipinski definition) is 1. The third-order valence-electron chi connectivity index (χ3n) is 4.36. The van der Waals surface area contributed by atoms with E-state index in [0.29, 0.717) is 26.8 Å². The Balaban J connectivity index is 1.77. The number of anilines is 2. The molecule has 29 heavy (non-hydrogen) atoms. The molecular weight excluding hydrogens is 435 g/mol. The first kappa shape index (κ1) is 19.6. The Morgan fingerprint density at radius 1 is 1.14 bits per heavy atom. The topological polar surface area (TPSA) is 66.5 Å². The number of Topliss-reactive ketones (excluding diaryl/α,β-unsaturated/α-hetero) is 1. The maximum atomic E-state index is 13.6. The van der Waals surface area contributed by atoms with Crippen LogP contribution in [0.1, 0.15) is 15.2 Å². The Kier molecular flexibility index (Phi) is 5.16. The van der Waals surface area contributed by atoms with E-state index in [-0.39, 0.29) is 6.54 Å². The number of nitrogens with one attached hydrogen (secondary N) is 1. The van der Waals surface area contributed by atoms with Gasteiger partial charge in [-0.25, -0.2) is 12.8 Å². The van der Waals surface area contributed by atoms with E-state index < -0.39 is 26.5 Å². The van der Waals surface area contributed by atoms with E-state index in [9.17, 15) is 17.6 Å². The van der Waals surface area contributed by atoms with E-state index in [1.807, 2.05) is 0 Å². The number of carbonyl (C=O) groups excluding carboxylic acids is 1. The van der Waals surface area contributed by atoms with Crippen molar-refractivity contribution in [2.45, 2.75) is 6.54 Å². The summed E-state index contributed by atoms with van der Waals surface area (Å²) in [5.74, 6) is -1.06. The number of ketones is 1. The van der Waals surface area contributed by atoms with Gasteiger partial charge in [-0.1, -0.05) is 35.9 Å². The Bertz CT molecular complexity index is 1240. The molecule has 1 aromatic heterocycles. The van der Waals surface area contributed by atoms with E-state index in [1.165, 1.54) is 18.2 Å². The summed E-state index contributed by atoms with van der Waals surface area (Å²) >= 11 is 7.25. The summed E-state index contributed by atoms with van der Waals surface area (Å²) in [5, 5.41) is 4.85. The summed E-state index contributed by atoms with van der Waals surface area (Å²) in [5.41, 5.74) is 1.23. The van der Waals surface area contributed by atoms with Gasteiger partial charge in [0.15, 0.2) is 4.91 Å². The van der Waals surface area contributed by atoms with Crippen molar-refractivity contribution >= 4 is 50.1 Å². The molecule has 3 aromatic rings. The van der Waals surface area contributed by atoms with Crippen LogP contribution in [0.3, 0.4) is 0 Å². The standard InChI is InChI=1S/C20H14ClFN2O3S2/c21-15-6-1-2-7-16(15)23-11-18-19(25)20-17(8-9-28-20)24(29(18,26)27)12-13-4-3-5-14(22)10-13/h1-11,23H,12H2/b18-11-. The second-order valence-corrected chi connectivity index (χ2v) is 9.39. The third kappa shape index (κ3) is 3.66. The summed E-state index contributed by atoms with van der Waals surface area (Å²) in [6.07, 6.45) is 1.15. The van der Waals surface area contributed by atoms with Crippen LogP contribution in [0.15, 0.2) is 71.1 Å². The number of nitrogens with zero attached hydrogens (tertiary/aromatic N) is 1. The smallest absolute Gasteiger partial charge is 0.270 e. The van der Waals surface area contributed by atoms with Crippen molar-refractivity contribution in [3.63, 3.8) is 0 Å². The number of benzene rings is 2. The molecule has 0 saturated heterocycles. The lowest BCUT2D eigenvalue weighted by molar-refractivity contribution is 0.104. The summed E-state index contributed by atoms with van der Waals surface area (Å²) in [6, 6.07) is 14.1. The molecule has 0 bridgehead atoms. The molecule has 0 atom stereocenters. The molecule has 0 spiro atoms. The molecule has 0 aliphatic carbocycles. The first-order valence-corrected chi connectivity index (χ1v) is 11.2. The molecule has 4 rings (SSSR count). The highest BCUT2D eigenvalue weighted by molar-refractivity contribution is 7.97. The van der Waals surface area contributed by atoms with Gasteiger partial charge in [0.1, 0.15) is 10.7 Å². The van der Waals surface area contributed by atoms with Crippen LogP contribution in [-0.2, 0) is 16.6 Å². The predicted molar refractivity (Wildman–Crippen MR) is 113 cm³/mol. The van der Waals surface area contributed by atoms with Gasteiger partial charge < -0.3 is 5.32 Å². The molecule has 9 heteroatoms. The fourth-order valence-electron chi connectivity index (χ4n) is 2.98. The van der Waals surface area contributed by atoms with Gasteiger partial charge in [0.05, 0.1) is 22.9 Å². The van der Waals surface area contributed by atoms with Crippen molar-refractivity contribution in [1.29, 1.82) is 0 Å². The van der Waals surface area contributed by atoms with Gasteiger partial charge in [-0.05, 0) is 41.3 Å². The number of sulfonamides is 1. The lowest BCUT2D eigenvalue weighted by Gasteiger charge is -2.29. The van der Waals surface area contributed by atoms with Gasteiger partial charge in [-0.2, -0.15) is 0 Å². The zero-order chi connectivity index (χ0) is 20.6. The molecule has 5 nitrogen and oxygen atoms in total. The first-order valence-electron chi connectivity index (χ1n) is 8.48. The molecular formula is C20H14ClFN2O3S2. The minimum atomic E-state index is -4.17. The van der Waals surface area contributed by atoms with Crippen LogP contribution < -0.4 is 9.62 Å². The highest BCUT2D eigenvalue weighted by atomic mass is 35.5. The van der Waals surface area contributed by atoms with Crippen molar-refractivity contribution in [3.05, 3.63) is 92.4 Å². The molecule has 1 aliphatic heterocycles. The molecule has 0 radical (unpaired) electrons. The predicted octanol–water partition coefficient (Wildman–Crippen LogP) is 5.03. The van der Waals surface area contributed by atoms with E-state index >= 15 is 0 Å². The average molecular weight is 449 g/mol. The Hall–Kier alpha value is -2.68. The van der Waals surface area contributed by atoms with E-state index in [1.54, 1.807) is 41.8 Å². The maximum Gasteiger partial charge on any atom is 0.270 e. The average Bonchev–Trinajstić information content (AvgIpc) is 3.16. The molecule has 0 fully saturated rings. The minimum Gasteiger partial charge on any atom is -0.359 e. The largest absolute Gasteiger partial charge is 0.359 e. The van der Waals surface area contributed by atoms with Crippen molar-refractivity contribution in [3.8, 4) is 0 Å². The van der Waals surface area contributed by atoms with Crippen molar-refractivity contribution in [2.24, 2.45) is 0 Å². The van der Waals surface area contributed by atoms with Crippen LogP contribution in [-0.4, -0.2) is 14.2 Å². The SMILES string of the molecule is O=C1/C(=C/Nc2ccccc2Cl)S(=O)(=O)N(Cc2cccc(F)c2)c2ccsc21. The second kappa shape index (κ2) is 7.62. The van der Waals surface area contributed by atoms with Gasteiger partial charge in [-0.3, -0.25) is 9.10 Å². The zero-order valence-electron chi connectivity index (χ0n) is 14.8. The van der Waals surface area contributed by atoms with E-state index in [2.05, 4.69) is 5.32 Å². The number of para-hydroxylation sites is 1. The van der Waals surface area contributed by atoms with Crippen LogP contribution in [0.4, 0.5) is 15.8 Å². The van der Waals surface area contributed by atoms with Crippen LogP contribution in [0.5, 0.6) is 0 Å². The minimum absolute atomic E-state index is 0.0967. The molecule has 1 N–H and O–H groups in total. The summed E-state index contributed by atoms with van der Waals surface area (Å²) < 4.78 is 41.2. The first-order chi connectivity index (χ1) is 13.9. The number of fused-ring (bicyclic) bond motifs is 1. The monoisotopic (exact) mass is 448 g/mol. The molecule has 148 valence electrons. The highest BCUT2D eigenvalue weighted by Gasteiger charge is 2.41. The Morgan fingerprint density at radius 3 is 2.69 bits per heavy atom. The van der Waals surface area contributed by atoms with Gasteiger partial charge in [0.2, 0.25) is 5.78 Å². The maximum absolute atomic E-state index is 13.6. The summed E-state index contributed by atoms with van der Waals surface area (Å²) in [4.78, 5) is 12.8. The lowest BCUT2D eigenvalue weighted by atomic mass is 10.2. The van der Waals surface area contributed by atoms with Gasteiger partial charge in [0, 0.05) is 6.20 Å². The summed E-state index contributed by atoms with van der Waals surface area (Å²) in [7, 11) is -4.17. The van der Waals surface area contributed by atoms with Gasteiger partial charge >= 0.3 is 0 Å². The van der Waals surface area contributed by atoms with E-state index in [0.717, 1.165) is 21.8 Å². The van der Waals surface area contributed by atoms with Crippen LogP contribution >= 0.6 is 22.9 Å². The molecule has 2 aromatic carbocycles. The zero-order valence-corrected chi connectivity index (χ0v) is 17.2. The van der Waals surface area contributed by atoms with Gasteiger partial charge in [0.25, 0.3) is 10.0 Å². The normalized spacial score (nSPS) is 16.7. The molecule has 2 heterocycles. The lowest BCUT2D eigenvalue weighted by Crippen LogP contribution is -2.38. The Morgan fingerprint density at radius 2 is 1.93 bits per heavy atom. The van der Waals surface area contributed by atoms with Crippen molar-refractivity contribution in [1.82, 2.24) is 0 Å². The van der Waals surface area contributed by atoms with Crippen molar-refractivity contribution in [2.75, 3.05) is 9.62 Å². The number of carbonyl (C=O) groups is 1. The van der Waals surface area contributed by atoms with Crippen LogP contribution in [0.25, 0.3) is 0 Å².